The number of piperidine rings is 1. The molecule has 2 heterocycles. The molecular weight excluding hydrogens is 341 g/mol. The van der Waals surface area contributed by atoms with E-state index >= 15 is 0 Å². The summed E-state index contributed by atoms with van der Waals surface area (Å²) in [5.41, 5.74) is -0.541. The molecule has 26 heavy (non-hydrogen) atoms. The van der Waals surface area contributed by atoms with E-state index < -0.39 is 11.4 Å². The van der Waals surface area contributed by atoms with Crippen LogP contribution in [0.3, 0.4) is 0 Å². The zero-order valence-corrected chi connectivity index (χ0v) is 15.1. The number of halogens is 1. The molecular formula is C18H22FN3O4. The van der Waals surface area contributed by atoms with Crippen LogP contribution in [0.4, 0.5) is 9.18 Å². The van der Waals surface area contributed by atoms with Gasteiger partial charge in [0.25, 0.3) is 0 Å². The lowest BCUT2D eigenvalue weighted by Gasteiger charge is -2.32. The van der Waals surface area contributed by atoms with Crippen LogP contribution in [0.25, 0.3) is 0 Å². The first-order chi connectivity index (χ1) is 12.3. The Kier molecular flexibility index (Phi) is 5.11. The minimum Gasteiger partial charge on any atom is -0.444 e. The Morgan fingerprint density at radius 2 is 2.19 bits per heavy atom. The summed E-state index contributed by atoms with van der Waals surface area (Å²) in [4.78, 5) is 18.1. The van der Waals surface area contributed by atoms with Gasteiger partial charge in [0.15, 0.2) is 0 Å². The van der Waals surface area contributed by atoms with E-state index in [1.807, 2.05) is 20.8 Å². The van der Waals surface area contributed by atoms with Gasteiger partial charge < -0.3 is 18.9 Å². The van der Waals surface area contributed by atoms with Gasteiger partial charge >= 0.3 is 12.1 Å². The van der Waals surface area contributed by atoms with Gasteiger partial charge in [0, 0.05) is 19.2 Å². The molecule has 1 saturated heterocycles. The van der Waals surface area contributed by atoms with Crippen LogP contribution in [-0.4, -0.2) is 39.8 Å². The second-order valence-corrected chi connectivity index (χ2v) is 7.24. The lowest BCUT2D eigenvalue weighted by atomic mass is 9.98. The van der Waals surface area contributed by atoms with Crippen LogP contribution in [0.2, 0.25) is 0 Å². The van der Waals surface area contributed by atoms with E-state index in [9.17, 15) is 9.18 Å². The van der Waals surface area contributed by atoms with Crippen LogP contribution >= 0.6 is 0 Å². The van der Waals surface area contributed by atoms with Crippen molar-refractivity contribution < 1.29 is 23.2 Å². The van der Waals surface area contributed by atoms with E-state index in [0.717, 1.165) is 12.8 Å². The van der Waals surface area contributed by atoms with Crippen molar-refractivity contribution in [2.24, 2.45) is 0 Å². The number of amides is 1. The molecule has 1 amide bonds. The summed E-state index contributed by atoms with van der Waals surface area (Å²) in [7, 11) is 0. The number of hydrogen-bond acceptors (Lipinski definition) is 6. The molecule has 1 aromatic carbocycles. The fourth-order valence-electron chi connectivity index (χ4n) is 2.74. The Balaban J connectivity index is 1.64. The Hall–Kier alpha value is -2.64. The van der Waals surface area contributed by atoms with Gasteiger partial charge in [-0.1, -0.05) is 6.07 Å². The van der Waals surface area contributed by atoms with Crippen molar-refractivity contribution in [3.05, 3.63) is 36.0 Å². The van der Waals surface area contributed by atoms with Crippen LogP contribution in [0.5, 0.6) is 11.8 Å². The summed E-state index contributed by atoms with van der Waals surface area (Å²) < 4.78 is 29.3. The van der Waals surface area contributed by atoms with Gasteiger partial charge in [0.2, 0.25) is 5.89 Å². The topological polar surface area (TPSA) is 77.7 Å². The quantitative estimate of drug-likeness (QED) is 0.816. The van der Waals surface area contributed by atoms with Gasteiger partial charge in [-0.2, -0.15) is 4.98 Å². The first-order valence-corrected chi connectivity index (χ1v) is 8.55. The molecule has 1 unspecified atom stereocenters. The smallest absolute Gasteiger partial charge is 0.410 e. The van der Waals surface area contributed by atoms with E-state index in [4.69, 9.17) is 14.0 Å². The lowest BCUT2D eigenvalue weighted by molar-refractivity contribution is 0.0189. The second kappa shape index (κ2) is 7.31. The summed E-state index contributed by atoms with van der Waals surface area (Å²) in [6.45, 7) is 6.57. The monoisotopic (exact) mass is 363 g/mol. The first kappa shape index (κ1) is 18.2. The van der Waals surface area contributed by atoms with Crippen LogP contribution in [-0.2, 0) is 4.74 Å². The van der Waals surface area contributed by atoms with E-state index in [1.165, 1.54) is 18.2 Å². The maximum atomic E-state index is 13.2. The molecule has 8 heteroatoms. The SMILES string of the molecule is CC(C)(C)OC(=O)N1CCCC(c2nc(Oc3cccc(F)c3)no2)C1. The number of rotatable bonds is 3. The summed E-state index contributed by atoms with van der Waals surface area (Å²) in [6, 6.07) is 5.71. The molecule has 0 saturated carbocycles. The lowest BCUT2D eigenvalue weighted by Crippen LogP contribution is -2.42. The average Bonchev–Trinajstić information content (AvgIpc) is 3.02. The molecule has 3 rings (SSSR count). The molecule has 0 radical (unpaired) electrons. The third-order valence-corrected chi connectivity index (χ3v) is 3.85. The van der Waals surface area contributed by atoms with Crippen molar-refractivity contribution in [3.8, 4) is 11.8 Å². The summed E-state index contributed by atoms with van der Waals surface area (Å²) in [6.07, 6.45) is 1.28. The van der Waals surface area contributed by atoms with Gasteiger partial charge in [-0.15, -0.1) is 0 Å². The fourth-order valence-corrected chi connectivity index (χ4v) is 2.74. The van der Waals surface area contributed by atoms with Gasteiger partial charge in [0.05, 0.1) is 5.92 Å². The average molecular weight is 363 g/mol. The molecule has 1 aromatic heterocycles. The highest BCUT2D eigenvalue weighted by Gasteiger charge is 2.31. The number of likely N-dealkylation sites (tertiary alicyclic amines) is 1. The molecule has 0 N–H and O–H groups in total. The standard InChI is InChI=1S/C18H22FN3O4/c1-18(2,3)25-17(23)22-9-5-6-12(11-22)15-20-16(21-26-15)24-14-8-4-7-13(19)10-14/h4,7-8,10,12H,5-6,9,11H2,1-3H3. The predicted molar refractivity (Wildman–Crippen MR) is 90.6 cm³/mol. The van der Waals surface area contributed by atoms with Crippen molar-refractivity contribution in [2.45, 2.75) is 45.1 Å². The fraction of sp³-hybridized carbons (Fsp3) is 0.500. The Labute approximate surface area is 151 Å². The van der Waals surface area contributed by atoms with Crippen molar-refractivity contribution in [2.75, 3.05) is 13.1 Å². The van der Waals surface area contributed by atoms with Crippen LogP contribution in [0.1, 0.15) is 45.4 Å². The molecule has 1 atom stereocenters. The van der Waals surface area contributed by atoms with Crippen molar-refractivity contribution in [1.29, 1.82) is 0 Å². The number of ether oxygens (including phenoxy) is 2. The van der Waals surface area contributed by atoms with Crippen LogP contribution < -0.4 is 4.74 Å². The van der Waals surface area contributed by atoms with Crippen molar-refractivity contribution >= 4 is 6.09 Å². The zero-order valence-electron chi connectivity index (χ0n) is 15.1. The minimum atomic E-state index is -0.541. The summed E-state index contributed by atoms with van der Waals surface area (Å²) >= 11 is 0. The normalized spacial score (nSPS) is 17.8. The summed E-state index contributed by atoms with van der Waals surface area (Å²) in [5, 5.41) is 3.78. The summed E-state index contributed by atoms with van der Waals surface area (Å²) in [5.74, 6) is 0.182. The molecule has 140 valence electrons. The Morgan fingerprint density at radius 3 is 2.92 bits per heavy atom. The maximum absolute atomic E-state index is 13.2. The molecule has 0 spiro atoms. The van der Waals surface area contributed by atoms with E-state index in [0.29, 0.717) is 19.0 Å². The van der Waals surface area contributed by atoms with Gasteiger partial charge in [0.1, 0.15) is 17.2 Å². The third kappa shape index (κ3) is 4.71. The van der Waals surface area contributed by atoms with Crippen molar-refractivity contribution in [3.63, 3.8) is 0 Å². The van der Waals surface area contributed by atoms with Gasteiger partial charge in [-0.25, -0.2) is 9.18 Å². The van der Waals surface area contributed by atoms with Crippen molar-refractivity contribution in [1.82, 2.24) is 15.0 Å². The molecule has 0 aliphatic carbocycles. The minimum absolute atomic E-state index is 0.0139. The molecule has 0 bridgehead atoms. The maximum Gasteiger partial charge on any atom is 0.410 e. The number of aromatic nitrogens is 2. The number of carbonyl (C=O) groups excluding carboxylic acids is 1. The second-order valence-electron chi connectivity index (χ2n) is 7.24. The first-order valence-electron chi connectivity index (χ1n) is 8.55. The molecule has 2 aromatic rings. The predicted octanol–water partition coefficient (Wildman–Crippen LogP) is 4.12. The van der Waals surface area contributed by atoms with E-state index in [-0.39, 0.29) is 23.8 Å². The largest absolute Gasteiger partial charge is 0.444 e. The van der Waals surface area contributed by atoms with Crippen LogP contribution in [0, 0.1) is 5.82 Å². The highest BCUT2D eigenvalue weighted by molar-refractivity contribution is 5.68. The van der Waals surface area contributed by atoms with E-state index in [2.05, 4.69) is 10.1 Å². The number of benzene rings is 1. The molecule has 1 fully saturated rings. The third-order valence-electron chi connectivity index (χ3n) is 3.85. The number of carbonyl (C=O) groups is 1. The number of hydrogen-bond donors (Lipinski definition) is 0. The highest BCUT2D eigenvalue weighted by Crippen LogP contribution is 2.29. The zero-order chi connectivity index (χ0) is 18.7. The molecule has 7 nitrogen and oxygen atoms in total. The van der Waals surface area contributed by atoms with Gasteiger partial charge in [-0.05, 0) is 50.9 Å². The Bertz CT molecular complexity index is 772. The van der Waals surface area contributed by atoms with E-state index in [1.54, 1.807) is 11.0 Å². The van der Waals surface area contributed by atoms with Gasteiger partial charge in [-0.3, -0.25) is 0 Å². The Morgan fingerprint density at radius 1 is 1.38 bits per heavy atom. The molecule has 1 aliphatic rings. The molecule has 1 aliphatic heterocycles. The number of nitrogens with zero attached hydrogens (tertiary/aromatic N) is 3. The van der Waals surface area contributed by atoms with Crippen LogP contribution in [0.15, 0.2) is 28.8 Å². The highest BCUT2D eigenvalue weighted by atomic mass is 19.1.